The zero-order valence-corrected chi connectivity index (χ0v) is 18.2. The molecule has 0 bridgehead atoms. The third-order valence-corrected chi connectivity index (χ3v) is 4.77. The maximum absolute atomic E-state index is 12.3. The molecule has 4 N–H and O–H groups in total. The monoisotopic (exact) mass is 431 g/mol. The van der Waals surface area contributed by atoms with E-state index in [0.717, 1.165) is 17.9 Å². The van der Waals surface area contributed by atoms with E-state index in [1.165, 1.54) is 0 Å². The molecule has 0 aliphatic carbocycles. The van der Waals surface area contributed by atoms with E-state index < -0.39 is 0 Å². The quantitative estimate of drug-likeness (QED) is 0.428. The van der Waals surface area contributed by atoms with Gasteiger partial charge in [-0.1, -0.05) is 6.07 Å². The zero-order valence-electron chi connectivity index (χ0n) is 18.2. The second-order valence-corrected chi connectivity index (χ2v) is 7.60. The van der Waals surface area contributed by atoms with Crippen molar-refractivity contribution in [2.75, 3.05) is 38.2 Å². The highest BCUT2D eigenvalue weighted by molar-refractivity contribution is 5.89. The number of aromatic nitrogens is 5. The standard InChI is InChI=1S/C22H25N9O/c1-14-5-4-6-16(26-14)19-20(17-9-10-24-21(23)28-17)31-13-15(7-8-18(31)29-19)27-22(32)25-11-12-30(2)3/h4-10,13H,11-12H2,1-3H3,(H2,23,24,28)(H2,25,27,32). The number of carbonyl (C=O) groups excluding carboxylic acids is 1. The Kier molecular flexibility index (Phi) is 5.95. The molecule has 0 saturated heterocycles. The first-order chi connectivity index (χ1) is 15.4. The van der Waals surface area contributed by atoms with Crippen molar-refractivity contribution in [1.29, 1.82) is 0 Å². The molecule has 4 rings (SSSR count). The Labute approximate surface area is 185 Å². The number of nitrogens with zero attached hydrogens (tertiary/aromatic N) is 6. The molecule has 4 heterocycles. The summed E-state index contributed by atoms with van der Waals surface area (Å²) in [6.45, 7) is 3.22. The van der Waals surface area contributed by atoms with Crippen LogP contribution in [0.25, 0.3) is 28.4 Å². The van der Waals surface area contributed by atoms with Gasteiger partial charge in [-0.15, -0.1) is 0 Å². The van der Waals surface area contributed by atoms with Crippen LogP contribution >= 0.6 is 0 Å². The normalized spacial score (nSPS) is 11.1. The van der Waals surface area contributed by atoms with E-state index in [1.807, 2.05) is 54.6 Å². The van der Waals surface area contributed by atoms with Crippen LogP contribution in [0.3, 0.4) is 0 Å². The highest BCUT2D eigenvalue weighted by Crippen LogP contribution is 2.31. The molecule has 2 amide bonds. The average Bonchev–Trinajstić information content (AvgIpc) is 3.12. The fourth-order valence-electron chi connectivity index (χ4n) is 3.29. The fourth-order valence-corrected chi connectivity index (χ4v) is 3.29. The molecule has 10 nitrogen and oxygen atoms in total. The van der Waals surface area contributed by atoms with Crippen LogP contribution in [0.5, 0.6) is 0 Å². The van der Waals surface area contributed by atoms with Crippen molar-refractivity contribution in [2.45, 2.75) is 6.92 Å². The van der Waals surface area contributed by atoms with Gasteiger partial charge in [0.2, 0.25) is 5.95 Å². The van der Waals surface area contributed by atoms with Crippen molar-refractivity contribution in [1.82, 2.24) is 34.6 Å². The number of carbonyl (C=O) groups is 1. The summed E-state index contributed by atoms with van der Waals surface area (Å²) < 4.78 is 1.87. The number of fused-ring (bicyclic) bond motifs is 1. The highest BCUT2D eigenvalue weighted by Gasteiger charge is 2.19. The van der Waals surface area contributed by atoms with Gasteiger partial charge < -0.3 is 21.3 Å². The van der Waals surface area contributed by atoms with E-state index in [4.69, 9.17) is 10.7 Å². The van der Waals surface area contributed by atoms with Gasteiger partial charge in [-0.2, -0.15) is 0 Å². The number of anilines is 2. The van der Waals surface area contributed by atoms with Gasteiger partial charge in [0.05, 0.1) is 17.1 Å². The fraction of sp³-hybridized carbons (Fsp3) is 0.227. The molecule has 32 heavy (non-hydrogen) atoms. The van der Waals surface area contributed by atoms with Crippen LogP contribution in [0, 0.1) is 6.92 Å². The highest BCUT2D eigenvalue weighted by atomic mass is 16.2. The summed E-state index contributed by atoms with van der Waals surface area (Å²) in [5.41, 5.74) is 10.7. The Morgan fingerprint density at radius 3 is 2.69 bits per heavy atom. The topological polar surface area (TPSA) is 126 Å². The minimum atomic E-state index is -0.278. The summed E-state index contributed by atoms with van der Waals surface area (Å²) in [4.78, 5) is 32.1. The molecule has 0 aliphatic heterocycles. The number of nitrogens with one attached hydrogen (secondary N) is 2. The molecule has 0 saturated carbocycles. The van der Waals surface area contributed by atoms with E-state index in [0.29, 0.717) is 35.0 Å². The van der Waals surface area contributed by atoms with Gasteiger partial charge in [-0.3, -0.25) is 9.38 Å². The smallest absolute Gasteiger partial charge is 0.319 e. The third-order valence-electron chi connectivity index (χ3n) is 4.77. The van der Waals surface area contributed by atoms with Crippen LogP contribution < -0.4 is 16.4 Å². The number of likely N-dealkylation sites (N-methyl/N-ethyl adjacent to an activating group) is 1. The summed E-state index contributed by atoms with van der Waals surface area (Å²) >= 11 is 0. The Morgan fingerprint density at radius 1 is 1.09 bits per heavy atom. The molecular formula is C22H25N9O. The van der Waals surface area contributed by atoms with E-state index in [9.17, 15) is 4.79 Å². The number of rotatable bonds is 6. The van der Waals surface area contributed by atoms with Crippen LogP contribution in [0.15, 0.2) is 48.8 Å². The van der Waals surface area contributed by atoms with E-state index in [-0.39, 0.29) is 12.0 Å². The largest absolute Gasteiger partial charge is 0.368 e. The molecule has 0 aromatic carbocycles. The Hall–Kier alpha value is -4.05. The molecule has 0 spiro atoms. The molecule has 4 aromatic rings. The Morgan fingerprint density at radius 2 is 1.94 bits per heavy atom. The average molecular weight is 432 g/mol. The third kappa shape index (κ3) is 4.65. The summed E-state index contributed by atoms with van der Waals surface area (Å²) in [6, 6.07) is 10.9. The Balaban J connectivity index is 1.76. The summed E-state index contributed by atoms with van der Waals surface area (Å²) in [6.07, 6.45) is 3.41. The molecule has 164 valence electrons. The number of hydrogen-bond donors (Lipinski definition) is 3. The summed E-state index contributed by atoms with van der Waals surface area (Å²) in [7, 11) is 3.91. The molecule has 0 radical (unpaired) electrons. The van der Waals surface area contributed by atoms with Crippen molar-refractivity contribution < 1.29 is 4.79 Å². The van der Waals surface area contributed by atoms with Gasteiger partial charge in [-0.25, -0.2) is 19.7 Å². The molecular weight excluding hydrogens is 406 g/mol. The summed E-state index contributed by atoms with van der Waals surface area (Å²) in [5.74, 6) is 0.162. The van der Waals surface area contributed by atoms with Gasteiger partial charge in [0.15, 0.2) is 0 Å². The van der Waals surface area contributed by atoms with Crippen molar-refractivity contribution in [3.63, 3.8) is 0 Å². The maximum Gasteiger partial charge on any atom is 0.319 e. The number of urea groups is 1. The lowest BCUT2D eigenvalue weighted by molar-refractivity contribution is 0.250. The van der Waals surface area contributed by atoms with Crippen molar-refractivity contribution in [3.05, 3.63) is 54.5 Å². The van der Waals surface area contributed by atoms with Crippen LogP contribution in [0.4, 0.5) is 16.4 Å². The second kappa shape index (κ2) is 8.98. The van der Waals surface area contributed by atoms with Crippen LogP contribution in [-0.2, 0) is 0 Å². The lowest BCUT2D eigenvalue weighted by atomic mass is 10.1. The number of pyridine rings is 2. The van der Waals surface area contributed by atoms with E-state index >= 15 is 0 Å². The lowest BCUT2D eigenvalue weighted by Gasteiger charge is -2.12. The first kappa shape index (κ1) is 21.2. The lowest BCUT2D eigenvalue weighted by Crippen LogP contribution is -2.34. The number of imidazole rings is 1. The maximum atomic E-state index is 12.3. The molecule has 0 fully saturated rings. The predicted molar refractivity (Wildman–Crippen MR) is 124 cm³/mol. The van der Waals surface area contributed by atoms with Gasteiger partial charge in [0, 0.05) is 31.2 Å². The minimum Gasteiger partial charge on any atom is -0.368 e. The van der Waals surface area contributed by atoms with Crippen LogP contribution in [0.1, 0.15) is 5.69 Å². The number of nitrogens with two attached hydrogens (primary N) is 1. The second-order valence-electron chi connectivity index (χ2n) is 7.60. The summed E-state index contributed by atoms with van der Waals surface area (Å²) in [5, 5.41) is 5.70. The molecule has 10 heteroatoms. The number of amides is 2. The van der Waals surface area contributed by atoms with Crippen molar-refractivity contribution in [3.8, 4) is 22.8 Å². The van der Waals surface area contributed by atoms with Crippen molar-refractivity contribution >= 4 is 23.3 Å². The number of hydrogen-bond acceptors (Lipinski definition) is 7. The van der Waals surface area contributed by atoms with Gasteiger partial charge >= 0.3 is 6.03 Å². The van der Waals surface area contributed by atoms with Crippen LogP contribution in [0.2, 0.25) is 0 Å². The number of aryl methyl sites for hydroxylation is 1. The molecule has 0 aliphatic rings. The van der Waals surface area contributed by atoms with Crippen LogP contribution in [-0.4, -0.2) is 62.5 Å². The SMILES string of the molecule is Cc1cccc(-c2nc3ccc(NC(=O)NCCN(C)C)cn3c2-c2ccnc(N)n2)n1. The minimum absolute atomic E-state index is 0.162. The first-order valence-electron chi connectivity index (χ1n) is 10.2. The predicted octanol–water partition coefficient (Wildman–Crippen LogP) is 2.43. The van der Waals surface area contributed by atoms with Crippen molar-refractivity contribution in [2.24, 2.45) is 0 Å². The van der Waals surface area contributed by atoms with E-state index in [2.05, 4.69) is 25.6 Å². The molecule has 0 atom stereocenters. The van der Waals surface area contributed by atoms with Gasteiger partial charge in [0.1, 0.15) is 17.0 Å². The van der Waals surface area contributed by atoms with Gasteiger partial charge in [-0.05, 0) is 51.4 Å². The number of nitrogen functional groups attached to an aromatic ring is 1. The molecule has 4 aromatic heterocycles. The van der Waals surface area contributed by atoms with E-state index in [1.54, 1.807) is 24.5 Å². The molecule has 0 unspecified atom stereocenters. The Bertz CT molecular complexity index is 1270. The first-order valence-corrected chi connectivity index (χ1v) is 10.2. The van der Waals surface area contributed by atoms with Gasteiger partial charge in [0.25, 0.3) is 0 Å². The zero-order chi connectivity index (χ0) is 22.7.